The van der Waals surface area contributed by atoms with Crippen molar-refractivity contribution in [2.45, 2.75) is 19.3 Å². The first-order valence-corrected chi connectivity index (χ1v) is 6.49. The van der Waals surface area contributed by atoms with Crippen LogP contribution in [-0.4, -0.2) is 12.0 Å². The summed E-state index contributed by atoms with van der Waals surface area (Å²) in [5, 5.41) is 0. The molecule has 1 heterocycles. The maximum Gasteiger partial charge on any atom is 0.0474 e. The first-order chi connectivity index (χ1) is 8.70. The fourth-order valence-corrected chi connectivity index (χ4v) is 2.24. The van der Waals surface area contributed by atoms with Crippen molar-refractivity contribution in [1.82, 2.24) is 4.98 Å². The molecule has 0 spiro atoms. The maximum atomic E-state index is 5.84. The van der Waals surface area contributed by atoms with Gasteiger partial charge in [-0.15, -0.1) is 11.6 Å². The van der Waals surface area contributed by atoms with Gasteiger partial charge in [0.2, 0.25) is 0 Å². The third kappa shape index (κ3) is 3.02. The number of anilines is 1. The lowest BCUT2D eigenvalue weighted by Gasteiger charge is -2.22. The van der Waals surface area contributed by atoms with Crippen LogP contribution in [0.2, 0.25) is 0 Å². The Kier molecular flexibility index (Phi) is 4.21. The van der Waals surface area contributed by atoms with E-state index in [9.17, 15) is 0 Å². The van der Waals surface area contributed by atoms with Gasteiger partial charge >= 0.3 is 0 Å². The predicted octanol–water partition coefficient (Wildman–Crippen LogP) is 3.77. The van der Waals surface area contributed by atoms with Crippen molar-refractivity contribution in [1.29, 1.82) is 0 Å². The number of aryl methyl sites for hydroxylation is 1. The molecular formula is C15H17ClN2. The van der Waals surface area contributed by atoms with Crippen LogP contribution >= 0.6 is 11.6 Å². The van der Waals surface area contributed by atoms with Gasteiger partial charge in [0, 0.05) is 37.6 Å². The molecule has 0 atom stereocenters. The topological polar surface area (TPSA) is 16.1 Å². The first kappa shape index (κ1) is 12.9. The molecule has 1 aromatic carbocycles. The molecule has 2 nitrogen and oxygen atoms in total. The van der Waals surface area contributed by atoms with Crippen molar-refractivity contribution in [3.63, 3.8) is 0 Å². The van der Waals surface area contributed by atoms with Crippen LogP contribution in [0.15, 0.2) is 42.7 Å². The van der Waals surface area contributed by atoms with Gasteiger partial charge in [-0.05, 0) is 41.8 Å². The minimum absolute atomic E-state index is 0.565. The van der Waals surface area contributed by atoms with Crippen LogP contribution in [0, 0.1) is 6.92 Å². The lowest BCUT2D eigenvalue weighted by molar-refractivity contribution is 0.913. The van der Waals surface area contributed by atoms with Crippen molar-refractivity contribution in [2.24, 2.45) is 0 Å². The largest absolute Gasteiger partial charge is 0.370 e. The molecule has 0 saturated heterocycles. The second-order valence-electron chi connectivity index (χ2n) is 4.47. The summed E-state index contributed by atoms with van der Waals surface area (Å²) in [6.45, 7) is 3.00. The Morgan fingerprint density at radius 1 is 1.11 bits per heavy atom. The summed E-state index contributed by atoms with van der Waals surface area (Å²) in [6, 6.07) is 10.4. The Morgan fingerprint density at radius 3 is 2.44 bits per heavy atom. The zero-order valence-electron chi connectivity index (χ0n) is 10.7. The van der Waals surface area contributed by atoms with E-state index in [0.29, 0.717) is 5.88 Å². The summed E-state index contributed by atoms with van der Waals surface area (Å²) in [7, 11) is 2.10. The maximum absolute atomic E-state index is 5.84. The molecule has 18 heavy (non-hydrogen) atoms. The normalized spacial score (nSPS) is 10.4. The van der Waals surface area contributed by atoms with Gasteiger partial charge in [-0.1, -0.05) is 12.1 Å². The summed E-state index contributed by atoms with van der Waals surface area (Å²) in [5.74, 6) is 0.565. The molecule has 0 saturated carbocycles. The van der Waals surface area contributed by atoms with Crippen LogP contribution in [0.4, 0.5) is 5.69 Å². The Bertz CT molecular complexity index is 511. The van der Waals surface area contributed by atoms with Gasteiger partial charge in [0.15, 0.2) is 0 Å². The van der Waals surface area contributed by atoms with Gasteiger partial charge < -0.3 is 4.90 Å². The predicted molar refractivity (Wildman–Crippen MR) is 77.1 cm³/mol. The number of aromatic nitrogens is 1. The number of hydrogen-bond acceptors (Lipinski definition) is 2. The molecular weight excluding hydrogens is 244 g/mol. The lowest BCUT2D eigenvalue weighted by atomic mass is 10.1. The van der Waals surface area contributed by atoms with Crippen LogP contribution in [-0.2, 0) is 12.4 Å². The van der Waals surface area contributed by atoms with Gasteiger partial charge in [0.25, 0.3) is 0 Å². The number of alkyl halides is 1. The van der Waals surface area contributed by atoms with E-state index in [1.807, 2.05) is 24.5 Å². The van der Waals surface area contributed by atoms with E-state index in [1.54, 1.807) is 0 Å². The van der Waals surface area contributed by atoms with Gasteiger partial charge in [-0.2, -0.15) is 0 Å². The van der Waals surface area contributed by atoms with Crippen LogP contribution in [0.1, 0.15) is 16.7 Å². The number of halogens is 1. The highest BCUT2D eigenvalue weighted by atomic mass is 35.5. The van der Waals surface area contributed by atoms with Crippen LogP contribution in [0.3, 0.4) is 0 Å². The molecule has 0 N–H and O–H groups in total. The highest BCUT2D eigenvalue weighted by Gasteiger charge is 2.06. The molecule has 3 heteroatoms. The molecule has 0 fully saturated rings. The van der Waals surface area contributed by atoms with Crippen molar-refractivity contribution >= 4 is 17.3 Å². The fraction of sp³-hybridized carbons (Fsp3) is 0.267. The minimum Gasteiger partial charge on any atom is -0.370 e. The summed E-state index contributed by atoms with van der Waals surface area (Å²) in [4.78, 5) is 6.27. The summed E-state index contributed by atoms with van der Waals surface area (Å²) >= 11 is 5.84. The van der Waals surface area contributed by atoms with Crippen LogP contribution in [0.5, 0.6) is 0 Å². The number of benzene rings is 1. The summed E-state index contributed by atoms with van der Waals surface area (Å²) in [6.07, 6.45) is 3.65. The van der Waals surface area contributed by atoms with Gasteiger partial charge in [0.05, 0.1) is 0 Å². The van der Waals surface area contributed by atoms with Gasteiger partial charge in [-0.3, -0.25) is 4.98 Å². The molecule has 2 rings (SSSR count). The quantitative estimate of drug-likeness (QED) is 0.778. The van der Waals surface area contributed by atoms with Crippen LogP contribution < -0.4 is 4.90 Å². The summed E-state index contributed by atoms with van der Waals surface area (Å²) < 4.78 is 0. The summed E-state index contributed by atoms with van der Waals surface area (Å²) in [5.41, 5.74) is 4.91. The van der Waals surface area contributed by atoms with Crippen molar-refractivity contribution in [3.8, 4) is 0 Å². The average Bonchev–Trinajstić information content (AvgIpc) is 2.39. The van der Waals surface area contributed by atoms with Gasteiger partial charge in [0.1, 0.15) is 0 Å². The molecule has 94 valence electrons. The molecule has 1 aromatic heterocycles. The first-order valence-electron chi connectivity index (χ1n) is 5.96. The molecule has 0 aliphatic carbocycles. The fourth-order valence-electron chi connectivity index (χ4n) is 2.08. The minimum atomic E-state index is 0.565. The molecule has 0 aliphatic rings. The van der Waals surface area contributed by atoms with Crippen molar-refractivity contribution in [3.05, 3.63) is 59.4 Å². The monoisotopic (exact) mass is 260 g/mol. The molecule has 0 aliphatic heterocycles. The van der Waals surface area contributed by atoms with Gasteiger partial charge in [-0.25, -0.2) is 0 Å². The third-order valence-electron chi connectivity index (χ3n) is 3.00. The van der Waals surface area contributed by atoms with E-state index in [1.165, 1.54) is 16.8 Å². The number of rotatable bonds is 4. The number of pyridine rings is 1. The third-order valence-corrected chi connectivity index (χ3v) is 3.30. The Balaban J connectivity index is 2.16. The average molecular weight is 261 g/mol. The zero-order valence-corrected chi connectivity index (χ0v) is 11.5. The van der Waals surface area contributed by atoms with E-state index in [2.05, 4.69) is 42.1 Å². The number of nitrogens with zero attached hydrogens (tertiary/aromatic N) is 2. The highest BCUT2D eigenvalue weighted by molar-refractivity contribution is 6.17. The number of hydrogen-bond donors (Lipinski definition) is 0. The lowest BCUT2D eigenvalue weighted by Crippen LogP contribution is -2.17. The van der Waals surface area contributed by atoms with E-state index >= 15 is 0 Å². The van der Waals surface area contributed by atoms with Crippen LogP contribution in [0.25, 0.3) is 0 Å². The Morgan fingerprint density at radius 2 is 1.83 bits per heavy atom. The van der Waals surface area contributed by atoms with E-state index in [4.69, 9.17) is 11.6 Å². The standard InChI is InChI=1S/C15H17ClN2/c1-12-9-14(10-16)3-4-15(12)18(2)11-13-5-7-17-8-6-13/h3-9H,10-11H2,1-2H3. The zero-order chi connectivity index (χ0) is 13.0. The smallest absolute Gasteiger partial charge is 0.0474 e. The van der Waals surface area contributed by atoms with E-state index in [0.717, 1.165) is 12.1 Å². The molecule has 0 amide bonds. The molecule has 0 radical (unpaired) electrons. The van der Waals surface area contributed by atoms with E-state index in [-0.39, 0.29) is 0 Å². The van der Waals surface area contributed by atoms with Crippen molar-refractivity contribution in [2.75, 3.05) is 11.9 Å². The highest BCUT2D eigenvalue weighted by Crippen LogP contribution is 2.22. The second-order valence-corrected chi connectivity index (χ2v) is 4.73. The SMILES string of the molecule is Cc1cc(CCl)ccc1N(C)Cc1ccncc1. The molecule has 0 unspecified atom stereocenters. The Labute approximate surface area is 113 Å². The molecule has 2 aromatic rings. The van der Waals surface area contributed by atoms with Crippen molar-refractivity contribution < 1.29 is 0 Å². The Hall–Kier alpha value is -1.54. The molecule has 0 bridgehead atoms. The van der Waals surface area contributed by atoms with E-state index < -0.39 is 0 Å². The second kappa shape index (κ2) is 5.87.